The van der Waals surface area contributed by atoms with Gasteiger partial charge in [-0.15, -0.1) is 0 Å². The van der Waals surface area contributed by atoms with Gasteiger partial charge in [0.25, 0.3) is 5.91 Å². The topological polar surface area (TPSA) is 80.6 Å². The van der Waals surface area contributed by atoms with Crippen molar-refractivity contribution < 1.29 is 18.7 Å². The Morgan fingerprint density at radius 2 is 1.86 bits per heavy atom. The van der Waals surface area contributed by atoms with Crippen LogP contribution in [0.2, 0.25) is 0 Å². The highest BCUT2D eigenvalue weighted by atomic mass is 16.5. The molecule has 2 rings (SSSR count). The molecule has 2 aromatic rings. The van der Waals surface area contributed by atoms with E-state index in [1.54, 1.807) is 36.4 Å². The molecule has 21 heavy (non-hydrogen) atoms. The third-order valence-electron chi connectivity index (χ3n) is 2.52. The zero-order valence-electron chi connectivity index (χ0n) is 11.2. The van der Waals surface area contributed by atoms with Gasteiger partial charge in [0.05, 0.1) is 6.26 Å². The number of carbonyl (C=O) groups excluding carboxylic acids is 2. The zero-order valence-corrected chi connectivity index (χ0v) is 11.2. The molecule has 0 aliphatic heterocycles. The van der Waals surface area contributed by atoms with Gasteiger partial charge in [-0.1, -0.05) is 12.7 Å². The third-order valence-corrected chi connectivity index (χ3v) is 2.52. The molecule has 0 aliphatic carbocycles. The molecule has 1 aromatic heterocycles. The monoisotopic (exact) mass is 286 g/mol. The van der Waals surface area contributed by atoms with Gasteiger partial charge in [-0.05, 0) is 36.4 Å². The molecule has 0 atom stereocenters. The maximum absolute atomic E-state index is 11.8. The molecule has 0 spiro atoms. The van der Waals surface area contributed by atoms with Gasteiger partial charge in [-0.25, -0.2) is 0 Å². The maximum Gasteiger partial charge on any atom is 0.305 e. The van der Waals surface area contributed by atoms with Gasteiger partial charge in [-0.2, -0.15) is 0 Å². The molecule has 0 fully saturated rings. The second kappa shape index (κ2) is 6.95. The second-order valence-electron chi connectivity index (χ2n) is 4.01. The van der Waals surface area contributed by atoms with Crippen LogP contribution in [0.5, 0.6) is 5.75 Å². The molecule has 1 aromatic carbocycles. The molecule has 0 saturated carbocycles. The summed E-state index contributed by atoms with van der Waals surface area (Å²) in [5, 5.41) is 0. The summed E-state index contributed by atoms with van der Waals surface area (Å²) in [7, 11) is 0. The van der Waals surface area contributed by atoms with E-state index >= 15 is 0 Å². The van der Waals surface area contributed by atoms with Crippen LogP contribution < -0.4 is 15.6 Å². The van der Waals surface area contributed by atoms with E-state index in [4.69, 9.17) is 9.15 Å². The number of benzene rings is 1. The predicted molar refractivity (Wildman–Crippen MR) is 75.8 cm³/mol. The van der Waals surface area contributed by atoms with E-state index in [0.717, 1.165) is 0 Å². The first-order valence-corrected chi connectivity index (χ1v) is 6.18. The Morgan fingerprint density at radius 3 is 2.48 bits per heavy atom. The summed E-state index contributed by atoms with van der Waals surface area (Å²) < 4.78 is 10.2. The van der Waals surface area contributed by atoms with Gasteiger partial charge >= 0.3 is 5.91 Å². The van der Waals surface area contributed by atoms with Crippen molar-refractivity contribution in [3.63, 3.8) is 0 Å². The lowest BCUT2D eigenvalue weighted by molar-refractivity contribution is 0.0831. The van der Waals surface area contributed by atoms with Crippen LogP contribution in [0.3, 0.4) is 0 Å². The molecule has 6 nitrogen and oxygen atoms in total. The van der Waals surface area contributed by atoms with Crippen LogP contribution in [0.4, 0.5) is 0 Å². The van der Waals surface area contributed by atoms with Gasteiger partial charge in [0.2, 0.25) is 0 Å². The highest BCUT2D eigenvalue weighted by Crippen LogP contribution is 2.12. The normalized spacial score (nSPS) is 9.71. The summed E-state index contributed by atoms with van der Waals surface area (Å²) in [5.74, 6) is -0.223. The average molecular weight is 286 g/mol. The highest BCUT2D eigenvalue weighted by molar-refractivity contribution is 5.97. The molecular formula is C15H14N2O4. The van der Waals surface area contributed by atoms with Crippen LogP contribution >= 0.6 is 0 Å². The number of carbonyl (C=O) groups is 2. The van der Waals surface area contributed by atoms with Crippen molar-refractivity contribution in [1.82, 2.24) is 10.9 Å². The van der Waals surface area contributed by atoms with E-state index in [0.29, 0.717) is 17.9 Å². The number of hydrogen-bond donors (Lipinski definition) is 2. The largest absolute Gasteiger partial charge is 0.490 e. The Labute approximate surface area is 121 Å². The van der Waals surface area contributed by atoms with E-state index in [1.807, 2.05) is 0 Å². The minimum Gasteiger partial charge on any atom is -0.490 e. The van der Waals surface area contributed by atoms with Crippen molar-refractivity contribution in [2.75, 3.05) is 6.61 Å². The second-order valence-corrected chi connectivity index (χ2v) is 4.01. The summed E-state index contributed by atoms with van der Waals surface area (Å²) in [5.41, 5.74) is 4.94. The van der Waals surface area contributed by atoms with Crippen LogP contribution in [-0.2, 0) is 0 Å². The lowest BCUT2D eigenvalue weighted by Gasteiger charge is -2.07. The van der Waals surface area contributed by atoms with Crippen molar-refractivity contribution >= 4 is 11.8 Å². The highest BCUT2D eigenvalue weighted by Gasteiger charge is 2.10. The molecule has 108 valence electrons. The fourth-order valence-electron chi connectivity index (χ4n) is 1.51. The Bertz CT molecular complexity index is 618. The minimum absolute atomic E-state index is 0.114. The van der Waals surface area contributed by atoms with E-state index in [9.17, 15) is 9.59 Å². The van der Waals surface area contributed by atoms with Gasteiger partial charge in [0, 0.05) is 5.56 Å². The smallest absolute Gasteiger partial charge is 0.305 e. The summed E-state index contributed by atoms with van der Waals surface area (Å²) >= 11 is 0. The minimum atomic E-state index is -0.528. The lowest BCUT2D eigenvalue weighted by atomic mass is 10.2. The lowest BCUT2D eigenvalue weighted by Crippen LogP contribution is -2.41. The summed E-state index contributed by atoms with van der Waals surface area (Å²) in [4.78, 5) is 23.4. The van der Waals surface area contributed by atoms with Crippen molar-refractivity contribution in [3.05, 3.63) is 66.6 Å². The van der Waals surface area contributed by atoms with Crippen molar-refractivity contribution in [2.24, 2.45) is 0 Å². The fourth-order valence-corrected chi connectivity index (χ4v) is 1.51. The molecule has 0 aliphatic rings. The summed E-state index contributed by atoms with van der Waals surface area (Å²) in [6, 6.07) is 9.57. The fraction of sp³-hybridized carbons (Fsp3) is 0.0667. The molecule has 2 amide bonds. The Kier molecular flexibility index (Phi) is 4.76. The summed E-state index contributed by atoms with van der Waals surface area (Å²) in [6.45, 7) is 3.94. The Morgan fingerprint density at radius 1 is 1.14 bits per heavy atom. The summed E-state index contributed by atoms with van der Waals surface area (Å²) in [6.07, 6.45) is 3.00. The molecule has 1 heterocycles. The van der Waals surface area contributed by atoms with Gasteiger partial charge in [0.15, 0.2) is 5.76 Å². The SMILES string of the molecule is C=CCOc1ccc(C(=O)NNC(=O)c2ccco2)cc1. The van der Waals surface area contributed by atoms with Crippen LogP contribution in [-0.4, -0.2) is 18.4 Å². The maximum atomic E-state index is 11.8. The number of hydrazine groups is 1. The number of furan rings is 1. The quantitative estimate of drug-likeness (QED) is 0.650. The van der Waals surface area contributed by atoms with Gasteiger partial charge < -0.3 is 9.15 Å². The number of ether oxygens (including phenoxy) is 1. The molecule has 6 heteroatoms. The number of amides is 2. The van der Waals surface area contributed by atoms with Crippen molar-refractivity contribution in [2.45, 2.75) is 0 Å². The van der Waals surface area contributed by atoms with Crippen molar-refractivity contribution in [1.29, 1.82) is 0 Å². The van der Waals surface area contributed by atoms with E-state index in [1.165, 1.54) is 12.3 Å². The van der Waals surface area contributed by atoms with Gasteiger partial charge in [-0.3, -0.25) is 20.4 Å². The first kappa shape index (κ1) is 14.4. The van der Waals surface area contributed by atoms with Crippen molar-refractivity contribution in [3.8, 4) is 5.75 Å². The molecule has 0 saturated heterocycles. The third kappa shape index (κ3) is 3.97. The van der Waals surface area contributed by atoms with Gasteiger partial charge in [0.1, 0.15) is 12.4 Å². The van der Waals surface area contributed by atoms with E-state index in [-0.39, 0.29) is 5.76 Å². The van der Waals surface area contributed by atoms with E-state index < -0.39 is 11.8 Å². The molecule has 0 bridgehead atoms. The van der Waals surface area contributed by atoms with Crippen LogP contribution in [0, 0.1) is 0 Å². The Balaban J connectivity index is 1.88. The molecule has 0 radical (unpaired) electrons. The number of hydrogen-bond acceptors (Lipinski definition) is 4. The standard InChI is InChI=1S/C15H14N2O4/c1-2-9-20-12-7-5-11(6-8-12)14(18)16-17-15(19)13-4-3-10-21-13/h2-8,10H,1,9H2,(H,16,18)(H,17,19). The number of rotatable bonds is 5. The molecule has 0 unspecified atom stereocenters. The van der Waals surface area contributed by atoms with Crippen LogP contribution in [0.1, 0.15) is 20.9 Å². The van der Waals surface area contributed by atoms with E-state index in [2.05, 4.69) is 17.4 Å². The molecular weight excluding hydrogens is 272 g/mol. The Hall–Kier alpha value is -3.02. The first-order valence-electron chi connectivity index (χ1n) is 6.18. The number of nitrogens with one attached hydrogen (secondary N) is 2. The predicted octanol–water partition coefficient (Wildman–Crippen LogP) is 1.92. The van der Waals surface area contributed by atoms with Crippen LogP contribution in [0.25, 0.3) is 0 Å². The molecule has 2 N–H and O–H groups in total. The first-order chi connectivity index (χ1) is 10.2. The van der Waals surface area contributed by atoms with Crippen LogP contribution in [0.15, 0.2) is 59.7 Å². The average Bonchev–Trinajstić information content (AvgIpc) is 3.05. The zero-order chi connectivity index (χ0) is 15.1.